The van der Waals surface area contributed by atoms with Crippen LogP contribution in [0.25, 0.3) is 5.65 Å². The summed E-state index contributed by atoms with van der Waals surface area (Å²) >= 11 is 6.17. The molecule has 0 saturated heterocycles. The Labute approximate surface area is 190 Å². The molecule has 4 aromatic rings. The van der Waals surface area contributed by atoms with Gasteiger partial charge in [0.05, 0.1) is 29.1 Å². The van der Waals surface area contributed by atoms with Crippen LogP contribution in [0.3, 0.4) is 0 Å². The summed E-state index contributed by atoms with van der Waals surface area (Å²) in [6.45, 7) is 1.85. The van der Waals surface area contributed by atoms with Crippen molar-refractivity contribution in [3.05, 3.63) is 101 Å². The molecule has 0 aliphatic heterocycles. The largest absolute Gasteiger partial charge is 0.346 e. The third-order valence-corrected chi connectivity index (χ3v) is 5.45. The van der Waals surface area contributed by atoms with E-state index >= 15 is 0 Å². The molecule has 0 bridgehead atoms. The predicted molar refractivity (Wildman–Crippen MR) is 122 cm³/mol. The smallest absolute Gasteiger partial charge is 0.253 e. The standard InChI is InChI=1S/C24H22ClN5O2/c1-16(23-29-28-21-13-7-8-14-30(21)23)26-22(31)15-20(17-9-3-2-4-10-17)27-24(32)18-11-5-6-12-19(18)25/h2-14,16,20H,15H2,1H3,(H,26,31)(H,27,32)/t16-,20-/m0/s1. The van der Waals surface area contributed by atoms with Gasteiger partial charge in [-0.05, 0) is 36.8 Å². The Bertz CT molecular complexity index is 1240. The molecule has 2 N–H and O–H groups in total. The lowest BCUT2D eigenvalue weighted by Crippen LogP contribution is -2.35. The first-order chi connectivity index (χ1) is 15.5. The maximum atomic E-state index is 12.9. The molecule has 4 rings (SSSR count). The first-order valence-electron chi connectivity index (χ1n) is 10.2. The van der Waals surface area contributed by atoms with Gasteiger partial charge in [0.2, 0.25) is 5.91 Å². The molecule has 2 atom stereocenters. The number of fused-ring (bicyclic) bond motifs is 1. The molecule has 8 heteroatoms. The number of nitrogens with one attached hydrogen (secondary N) is 2. The minimum Gasteiger partial charge on any atom is -0.346 e. The molecule has 0 aliphatic carbocycles. The quantitative estimate of drug-likeness (QED) is 0.446. The van der Waals surface area contributed by atoms with Crippen molar-refractivity contribution < 1.29 is 9.59 Å². The summed E-state index contributed by atoms with van der Waals surface area (Å²) in [6.07, 6.45) is 1.91. The summed E-state index contributed by atoms with van der Waals surface area (Å²) < 4.78 is 1.83. The molecule has 0 aliphatic rings. The van der Waals surface area contributed by atoms with Gasteiger partial charge < -0.3 is 10.6 Å². The highest BCUT2D eigenvalue weighted by Crippen LogP contribution is 2.21. The Morgan fingerprint density at radius 1 is 0.938 bits per heavy atom. The van der Waals surface area contributed by atoms with Crippen LogP contribution >= 0.6 is 11.6 Å². The van der Waals surface area contributed by atoms with Crippen LogP contribution in [0, 0.1) is 0 Å². The molecule has 2 amide bonds. The second-order valence-corrected chi connectivity index (χ2v) is 7.80. The average Bonchev–Trinajstić information content (AvgIpc) is 3.24. The van der Waals surface area contributed by atoms with Crippen LogP contribution in [0.15, 0.2) is 79.0 Å². The summed E-state index contributed by atoms with van der Waals surface area (Å²) in [4.78, 5) is 25.7. The molecule has 0 unspecified atom stereocenters. The van der Waals surface area contributed by atoms with E-state index in [4.69, 9.17) is 11.6 Å². The summed E-state index contributed by atoms with van der Waals surface area (Å²) in [7, 11) is 0. The van der Waals surface area contributed by atoms with Crippen molar-refractivity contribution in [3.8, 4) is 0 Å². The number of amides is 2. The molecular formula is C24H22ClN5O2. The summed E-state index contributed by atoms with van der Waals surface area (Å²) in [5, 5.41) is 14.6. The Balaban J connectivity index is 1.50. The molecule has 0 radical (unpaired) electrons. The fourth-order valence-electron chi connectivity index (χ4n) is 3.52. The molecule has 162 valence electrons. The monoisotopic (exact) mass is 447 g/mol. The Kier molecular flexibility index (Phi) is 6.47. The van der Waals surface area contributed by atoms with Crippen molar-refractivity contribution in [1.29, 1.82) is 0 Å². The molecule has 0 spiro atoms. The van der Waals surface area contributed by atoms with Crippen LogP contribution in [0.4, 0.5) is 0 Å². The third-order valence-electron chi connectivity index (χ3n) is 5.12. The van der Waals surface area contributed by atoms with E-state index in [0.717, 1.165) is 5.56 Å². The first kappa shape index (κ1) is 21.5. The number of hydrogen-bond acceptors (Lipinski definition) is 4. The van der Waals surface area contributed by atoms with E-state index < -0.39 is 6.04 Å². The number of hydrogen-bond donors (Lipinski definition) is 2. The second kappa shape index (κ2) is 9.62. The minimum absolute atomic E-state index is 0.0568. The van der Waals surface area contributed by atoms with Crippen molar-refractivity contribution in [2.45, 2.75) is 25.4 Å². The van der Waals surface area contributed by atoms with Crippen LogP contribution in [0.5, 0.6) is 0 Å². The molecule has 2 aromatic carbocycles. The number of halogens is 1. The summed E-state index contributed by atoms with van der Waals surface area (Å²) in [5.41, 5.74) is 1.89. The van der Waals surface area contributed by atoms with Gasteiger partial charge in [-0.1, -0.05) is 60.1 Å². The topological polar surface area (TPSA) is 88.4 Å². The molecule has 7 nitrogen and oxygen atoms in total. The highest BCUT2D eigenvalue weighted by molar-refractivity contribution is 6.33. The third kappa shape index (κ3) is 4.78. The van der Waals surface area contributed by atoms with Crippen LogP contribution < -0.4 is 10.6 Å². The zero-order valence-corrected chi connectivity index (χ0v) is 18.2. The lowest BCUT2D eigenvalue weighted by atomic mass is 10.0. The molecular weight excluding hydrogens is 426 g/mol. The average molecular weight is 448 g/mol. The second-order valence-electron chi connectivity index (χ2n) is 7.40. The van der Waals surface area contributed by atoms with Crippen molar-refractivity contribution in [1.82, 2.24) is 25.2 Å². The fourth-order valence-corrected chi connectivity index (χ4v) is 3.75. The zero-order chi connectivity index (χ0) is 22.5. The van der Waals surface area contributed by atoms with Crippen LogP contribution in [-0.2, 0) is 4.79 Å². The highest BCUT2D eigenvalue weighted by Gasteiger charge is 2.22. The number of benzene rings is 2. The van der Waals surface area contributed by atoms with E-state index in [1.54, 1.807) is 24.3 Å². The van der Waals surface area contributed by atoms with Gasteiger partial charge in [0.25, 0.3) is 5.91 Å². The maximum absolute atomic E-state index is 12.9. The summed E-state index contributed by atoms with van der Waals surface area (Å²) in [5.74, 6) is 0.0672. The molecule has 0 saturated carbocycles. The highest BCUT2D eigenvalue weighted by atomic mass is 35.5. The van der Waals surface area contributed by atoms with Crippen molar-refractivity contribution in [2.75, 3.05) is 0 Å². The number of carbonyl (C=O) groups is 2. The van der Waals surface area contributed by atoms with Gasteiger partial charge in [-0.15, -0.1) is 10.2 Å². The Morgan fingerprint density at radius 2 is 1.66 bits per heavy atom. The Morgan fingerprint density at radius 3 is 2.44 bits per heavy atom. The minimum atomic E-state index is -0.526. The molecule has 32 heavy (non-hydrogen) atoms. The number of rotatable bonds is 7. The van der Waals surface area contributed by atoms with E-state index in [9.17, 15) is 9.59 Å². The van der Waals surface area contributed by atoms with Crippen LogP contribution in [0.1, 0.15) is 47.2 Å². The number of carbonyl (C=O) groups excluding carboxylic acids is 2. The van der Waals surface area contributed by atoms with Crippen LogP contribution in [-0.4, -0.2) is 26.4 Å². The number of aromatic nitrogens is 3. The SMILES string of the molecule is C[C@H](NC(=O)C[C@H](NC(=O)c1ccccc1Cl)c1ccccc1)c1nnc2ccccn12. The molecule has 2 aromatic heterocycles. The normalized spacial score (nSPS) is 12.8. The lowest BCUT2D eigenvalue weighted by molar-refractivity contribution is -0.122. The van der Waals surface area contributed by atoms with E-state index in [0.29, 0.717) is 22.1 Å². The maximum Gasteiger partial charge on any atom is 0.253 e. The van der Waals surface area contributed by atoms with E-state index in [1.165, 1.54) is 0 Å². The van der Waals surface area contributed by atoms with Crippen molar-refractivity contribution in [3.63, 3.8) is 0 Å². The van der Waals surface area contributed by atoms with Gasteiger partial charge in [-0.2, -0.15) is 0 Å². The van der Waals surface area contributed by atoms with Gasteiger partial charge >= 0.3 is 0 Å². The first-order valence-corrected chi connectivity index (χ1v) is 10.6. The van der Waals surface area contributed by atoms with Gasteiger partial charge in [-0.25, -0.2) is 0 Å². The van der Waals surface area contributed by atoms with Gasteiger partial charge in [-0.3, -0.25) is 14.0 Å². The van der Waals surface area contributed by atoms with E-state index in [-0.39, 0.29) is 24.3 Å². The van der Waals surface area contributed by atoms with E-state index in [2.05, 4.69) is 20.8 Å². The van der Waals surface area contributed by atoms with E-state index in [1.807, 2.05) is 66.1 Å². The molecule has 2 heterocycles. The predicted octanol–water partition coefficient (Wildman–Crippen LogP) is 4.12. The Hall–Kier alpha value is -3.71. The molecule has 0 fully saturated rings. The van der Waals surface area contributed by atoms with Crippen molar-refractivity contribution >= 4 is 29.1 Å². The number of pyridine rings is 1. The van der Waals surface area contributed by atoms with Crippen molar-refractivity contribution in [2.24, 2.45) is 0 Å². The fraction of sp³-hybridized carbons (Fsp3) is 0.167. The lowest BCUT2D eigenvalue weighted by Gasteiger charge is -2.21. The summed E-state index contributed by atoms with van der Waals surface area (Å²) in [6, 6.07) is 20.9. The van der Waals surface area contributed by atoms with Gasteiger partial charge in [0.1, 0.15) is 0 Å². The zero-order valence-electron chi connectivity index (χ0n) is 17.4. The number of nitrogens with zero attached hydrogens (tertiary/aromatic N) is 3. The van der Waals surface area contributed by atoms with Gasteiger partial charge in [0, 0.05) is 6.20 Å². The van der Waals surface area contributed by atoms with Crippen LogP contribution in [0.2, 0.25) is 5.02 Å². The van der Waals surface area contributed by atoms with Gasteiger partial charge in [0.15, 0.2) is 11.5 Å².